The first-order valence-corrected chi connectivity index (χ1v) is 19.8. The topological polar surface area (TPSA) is 112 Å². The Hall–Kier alpha value is -4.88. The van der Waals surface area contributed by atoms with Gasteiger partial charge in [0.2, 0.25) is 0 Å². The summed E-state index contributed by atoms with van der Waals surface area (Å²) in [4.78, 5) is 68.5. The zero-order valence-corrected chi connectivity index (χ0v) is 32.8. The zero-order valence-electron chi connectivity index (χ0n) is 32.8. The maximum Gasteiger partial charge on any atom is 0.262 e. The van der Waals surface area contributed by atoms with Gasteiger partial charge in [-0.05, 0) is 77.6 Å². The molecule has 8 rings (SSSR count). The summed E-state index contributed by atoms with van der Waals surface area (Å²) in [5, 5.41) is 10.1. The number of rotatable bonds is 10. The molecule has 0 radical (unpaired) electrons. The standard InChI is InChI=1S/C43H52N8O4/c1-7-37(44-27(4)50-40(52)31-12-8-10-29-35(48-20-18-46(6)19-21-48)16-14-33(38(29)31)42(50)54)45-28(5)51-41(53)32-13-9-11-30-36(17-15-34(39(30)32)43(51)55)49-24-22-47(23-25-49)26(2)3/h8-17,26-28,37,44-45H,7,18-25H2,1-6H3. The third kappa shape index (κ3) is 6.34. The molecule has 4 amide bonds. The summed E-state index contributed by atoms with van der Waals surface area (Å²) in [6, 6.07) is 19.6. The molecule has 4 aliphatic rings. The van der Waals surface area contributed by atoms with Crippen molar-refractivity contribution < 1.29 is 19.2 Å². The van der Waals surface area contributed by atoms with Crippen LogP contribution < -0.4 is 20.4 Å². The average molecular weight is 745 g/mol. The van der Waals surface area contributed by atoms with Crippen molar-refractivity contribution in [3.05, 3.63) is 82.9 Å². The number of imide groups is 2. The van der Waals surface area contributed by atoms with Crippen LogP contribution in [0, 0.1) is 0 Å². The maximum atomic E-state index is 14.2. The fourth-order valence-corrected chi connectivity index (χ4v) is 9.00. The molecule has 0 aromatic heterocycles. The maximum absolute atomic E-state index is 14.2. The van der Waals surface area contributed by atoms with Gasteiger partial charge >= 0.3 is 0 Å². The Morgan fingerprint density at radius 3 is 1.35 bits per heavy atom. The average Bonchev–Trinajstić information content (AvgIpc) is 3.18. The first-order valence-electron chi connectivity index (χ1n) is 19.8. The quantitative estimate of drug-likeness (QED) is 0.174. The van der Waals surface area contributed by atoms with Gasteiger partial charge in [0.1, 0.15) is 0 Å². The minimum absolute atomic E-state index is 0.352. The van der Waals surface area contributed by atoms with Crippen LogP contribution in [-0.4, -0.2) is 127 Å². The molecular weight excluding hydrogens is 693 g/mol. The fourth-order valence-electron chi connectivity index (χ4n) is 9.00. The van der Waals surface area contributed by atoms with E-state index in [1.165, 1.54) is 9.80 Å². The number of benzene rings is 4. The second-order valence-electron chi connectivity index (χ2n) is 15.7. The van der Waals surface area contributed by atoms with E-state index in [4.69, 9.17) is 0 Å². The molecule has 3 atom stereocenters. The highest BCUT2D eigenvalue weighted by Gasteiger charge is 2.40. The predicted octanol–water partition coefficient (Wildman–Crippen LogP) is 4.77. The van der Waals surface area contributed by atoms with Crippen molar-refractivity contribution in [1.82, 2.24) is 30.2 Å². The first kappa shape index (κ1) is 37.1. The number of nitrogens with zero attached hydrogens (tertiary/aromatic N) is 6. The van der Waals surface area contributed by atoms with E-state index in [9.17, 15) is 19.2 Å². The highest BCUT2D eigenvalue weighted by Crippen LogP contribution is 2.38. The number of carbonyl (C=O) groups excluding carboxylic acids is 4. The van der Waals surface area contributed by atoms with Crippen LogP contribution in [-0.2, 0) is 0 Å². The smallest absolute Gasteiger partial charge is 0.262 e. The summed E-state index contributed by atoms with van der Waals surface area (Å²) in [5.74, 6) is -1.41. The largest absolute Gasteiger partial charge is 0.368 e. The molecule has 2 saturated heterocycles. The number of likely N-dealkylation sites (N-methyl/N-ethyl adjacent to an activating group) is 1. The molecule has 2 N–H and O–H groups in total. The van der Waals surface area contributed by atoms with Crippen LogP contribution >= 0.6 is 0 Å². The van der Waals surface area contributed by atoms with Crippen LogP contribution in [0.3, 0.4) is 0 Å². The summed E-state index contributed by atoms with van der Waals surface area (Å²) in [7, 11) is 2.12. The van der Waals surface area contributed by atoms with Crippen molar-refractivity contribution in [2.75, 3.05) is 69.2 Å². The molecule has 12 nitrogen and oxygen atoms in total. The number of anilines is 2. The number of nitrogens with one attached hydrogen (secondary N) is 2. The molecular formula is C43H52N8O4. The molecule has 4 aromatic rings. The van der Waals surface area contributed by atoms with Crippen LogP contribution in [0.2, 0.25) is 0 Å². The molecule has 2 fully saturated rings. The number of hydrogen-bond donors (Lipinski definition) is 2. The van der Waals surface area contributed by atoms with Gasteiger partial charge in [0.05, 0.1) is 18.5 Å². The highest BCUT2D eigenvalue weighted by molar-refractivity contribution is 6.28. The lowest BCUT2D eigenvalue weighted by molar-refractivity contribution is 0.0472. The van der Waals surface area contributed by atoms with Gasteiger partial charge in [0.25, 0.3) is 23.6 Å². The summed E-state index contributed by atoms with van der Waals surface area (Å²) in [6.45, 7) is 17.3. The van der Waals surface area contributed by atoms with Crippen LogP contribution in [0.25, 0.3) is 21.5 Å². The molecule has 0 aliphatic carbocycles. The number of hydrogen-bond acceptors (Lipinski definition) is 10. The normalized spacial score (nSPS) is 20.0. The predicted molar refractivity (Wildman–Crippen MR) is 217 cm³/mol. The van der Waals surface area contributed by atoms with E-state index >= 15 is 0 Å². The minimum Gasteiger partial charge on any atom is -0.368 e. The molecule has 0 bridgehead atoms. The number of amides is 4. The van der Waals surface area contributed by atoms with Crippen molar-refractivity contribution in [3.8, 4) is 0 Å². The Balaban J connectivity index is 0.991. The van der Waals surface area contributed by atoms with E-state index < -0.39 is 18.5 Å². The van der Waals surface area contributed by atoms with Gasteiger partial charge in [0, 0.05) is 114 Å². The number of piperazine rings is 2. The van der Waals surface area contributed by atoms with Crippen molar-refractivity contribution >= 4 is 56.5 Å². The molecule has 55 heavy (non-hydrogen) atoms. The first-order chi connectivity index (χ1) is 26.5. The van der Waals surface area contributed by atoms with Gasteiger partial charge < -0.3 is 14.7 Å². The van der Waals surface area contributed by atoms with E-state index in [1.54, 1.807) is 26.0 Å². The van der Waals surface area contributed by atoms with Crippen molar-refractivity contribution in [2.45, 2.75) is 65.6 Å². The molecule has 0 spiro atoms. The van der Waals surface area contributed by atoms with E-state index in [2.05, 4.69) is 51.1 Å². The zero-order chi connectivity index (χ0) is 38.7. The Bertz CT molecular complexity index is 2140. The highest BCUT2D eigenvalue weighted by atomic mass is 16.2. The van der Waals surface area contributed by atoms with Gasteiger partial charge in [-0.2, -0.15) is 0 Å². The van der Waals surface area contributed by atoms with Crippen molar-refractivity contribution in [3.63, 3.8) is 0 Å². The Kier molecular flexibility index (Phi) is 9.87. The molecule has 12 heteroatoms. The van der Waals surface area contributed by atoms with Gasteiger partial charge in [-0.25, -0.2) is 0 Å². The third-order valence-electron chi connectivity index (χ3n) is 12.1. The Morgan fingerprint density at radius 2 is 0.945 bits per heavy atom. The second-order valence-corrected chi connectivity index (χ2v) is 15.7. The lowest BCUT2D eigenvalue weighted by Gasteiger charge is -2.39. The lowest BCUT2D eigenvalue weighted by Crippen LogP contribution is -2.61. The van der Waals surface area contributed by atoms with Gasteiger partial charge in [-0.15, -0.1) is 0 Å². The van der Waals surface area contributed by atoms with E-state index in [1.807, 2.05) is 55.5 Å². The van der Waals surface area contributed by atoms with E-state index in [0.717, 1.165) is 74.5 Å². The van der Waals surface area contributed by atoms with Crippen molar-refractivity contribution in [2.24, 2.45) is 0 Å². The van der Waals surface area contributed by atoms with Gasteiger partial charge in [-0.1, -0.05) is 31.2 Å². The van der Waals surface area contributed by atoms with E-state index in [-0.39, 0.29) is 23.6 Å². The van der Waals surface area contributed by atoms with Gasteiger partial charge in [-0.3, -0.25) is 44.5 Å². The summed E-state index contributed by atoms with van der Waals surface area (Å²) in [6.07, 6.45) is -1.26. The van der Waals surface area contributed by atoms with Gasteiger partial charge in [0.15, 0.2) is 0 Å². The molecule has 4 aliphatic heterocycles. The summed E-state index contributed by atoms with van der Waals surface area (Å²) in [5.41, 5.74) is 4.11. The molecule has 0 saturated carbocycles. The summed E-state index contributed by atoms with van der Waals surface area (Å²) >= 11 is 0. The van der Waals surface area contributed by atoms with Crippen LogP contribution in [0.5, 0.6) is 0 Å². The Labute approximate surface area is 323 Å². The third-order valence-corrected chi connectivity index (χ3v) is 12.1. The molecule has 4 heterocycles. The molecule has 288 valence electrons. The molecule has 4 aromatic carbocycles. The number of carbonyl (C=O) groups is 4. The van der Waals surface area contributed by atoms with Crippen LogP contribution in [0.1, 0.15) is 82.5 Å². The second kappa shape index (κ2) is 14.6. The van der Waals surface area contributed by atoms with Crippen LogP contribution in [0.15, 0.2) is 60.7 Å². The fraction of sp³-hybridized carbons (Fsp3) is 0.442. The van der Waals surface area contributed by atoms with Crippen molar-refractivity contribution in [1.29, 1.82) is 0 Å². The molecule has 3 unspecified atom stereocenters. The minimum atomic E-state index is -0.688. The van der Waals surface area contributed by atoms with E-state index in [0.29, 0.717) is 45.5 Å². The SMILES string of the molecule is CCC(NC(C)N1C(=O)c2cccc3c(N4CCN(C)CC4)ccc(c23)C1=O)NC(C)N1C(=O)c2cccc3c(N4CCN(C(C)C)CC4)ccc(c23)C1=O. The van der Waals surface area contributed by atoms with Crippen LogP contribution in [0.4, 0.5) is 11.4 Å². The summed E-state index contributed by atoms with van der Waals surface area (Å²) < 4.78 is 0. The monoisotopic (exact) mass is 744 g/mol. The lowest BCUT2D eigenvalue weighted by atomic mass is 9.92. The Morgan fingerprint density at radius 1 is 0.545 bits per heavy atom.